The maximum Gasteiger partial charge on any atom is 0.337 e. The normalized spacial score (nSPS) is 10.4. The monoisotopic (exact) mass is 260 g/mol. The average Bonchev–Trinajstić information content (AvgIpc) is 2.77. The first kappa shape index (κ1) is 12.9. The number of imidazole rings is 1. The van der Waals surface area contributed by atoms with E-state index in [9.17, 15) is 4.79 Å². The van der Waals surface area contributed by atoms with E-state index in [0.717, 1.165) is 17.9 Å². The summed E-state index contributed by atoms with van der Waals surface area (Å²) in [6.45, 7) is 0.674. The summed E-state index contributed by atoms with van der Waals surface area (Å²) in [5, 5.41) is 12.1. The van der Waals surface area contributed by atoms with Crippen LogP contribution in [0.25, 0.3) is 0 Å². The zero-order valence-electron chi connectivity index (χ0n) is 10.6. The summed E-state index contributed by atoms with van der Waals surface area (Å²) < 4.78 is 1.95. The summed E-state index contributed by atoms with van der Waals surface area (Å²) in [4.78, 5) is 15.2. The third-order valence-electron chi connectivity index (χ3n) is 2.88. The van der Waals surface area contributed by atoms with E-state index in [1.165, 1.54) is 6.07 Å². The largest absolute Gasteiger partial charge is 0.478 e. The summed E-state index contributed by atoms with van der Waals surface area (Å²) in [6, 6.07) is 4.89. The van der Waals surface area contributed by atoms with Gasteiger partial charge in [-0.05, 0) is 18.2 Å². The predicted octanol–water partition coefficient (Wildman–Crippen LogP) is 1.36. The van der Waals surface area contributed by atoms with Crippen LogP contribution in [0.3, 0.4) is 0 Å². The summed E-state index contributed by atoms with van der Waals surface area (Å²) in [7, 11) is 1.94. The Morgan fingerprint density at radius 2 is 2.32 bits per heavy atom. The molecule has 0 aliphatic carbocycles. The fourth-order valence-corrected chi connectivity index (χ4v) is 1.81. The molecule has 2 rings (SSSR count). The van der Waals surface area contributed by atoms with Gasteiger partial charge in [0.15, 0.2) is 0 Å². The van der Waals surface area contributed by atoms with Crippen molar-refractivity contribution in [2.45, 2.75) is 6.42 Å². The lowest BCUT2D eigenvalue weighted by atomic mass is 10.1. The number of carboxylic acids is 1. The SMILES string of the molecule is Cn1ccnc1CCNc1ccc(N)c(C(=O)O)c1. The molecular weight excluding hydrogens is 244 g/mol. The van der Waals surface area contributed by atoms with Gasteiger partial charge in [-0.3, -0.25) is 0 Å². The van der Waals surface area contributed by atoms with Crippen LogP contribution in [0, 0.1) is 0 Å². The van der Waals surface area contributed by atoms with Crippen molar-refractivity contribution in [2.75, 3.05) is 17.6 Å². The van der Waals surface area contributed by atoms with E-state index in [2.05, 4.69) is 10.3 Å². The molecule has 2 aromatic rings. The first-order valence-corrected chi connectivity index (χ1v) is 5.91. The Kier molecular flexibility index (Phi) is 3.70. The molecule has 100 valence electrons. The van der Waals surface area contributed by atoms with Crippen molar-refractivity contribution in [3.8, 4) is 0 Å². The molecule has 6 nitrogen and oxygen atoms in total. The number of hydrogen-bond acceptors (Lipinski definition) is 4. The van der Waals surface area contributed by atoms with Gasteiger partial charge in [0.05, 0.1) is 5.56 Å². The number of carbonyl (C=O) groups is 1. The number of aryl methyl sites for hydroxylation is 1. The van der Waals surface area contributed by atoms with Crippen molar-refractivity contribution >= 4 is 17.3 Å². The van der Waals surface area contributed by atoms with Crippen molar-refractivity contribution in [3.05, 3.63) is 42.0 Å². The third kappa shape index (κ3) is 3.04. The summed E-state index contributed by atoms with van der Waals surface area (Å²) >= 11 is 0. The molecule has 0 amide bonds. The van der Waals surface area contributed by atoms with Gasteiger partial charge in [0, 0.05) is 43.8 Å². The average molecular weight is 260 g/mol. The Labute approximate surface area is 110 Å². The highest BCUT2D eigenvalue weighted by atomic mass is 16.4. The number of aromatic nitrogens is 2. The zero-order valence-corrected chi connectivity index (χ0v) is 10.6. The van der Waals surface area contributed by atoms with Crippen LogP contribution in [0.5, 0.6) is 0 Å². The highest BCUT2D eigenvalue weighted by Gasteiger charge is 2.08. The molecule has 0 saturated carbocycles. The second kappa shape index (κ2) is 5.43. The molecule has 0 saturated heterocycles. The Hall–Kier alpha value is -2.50. The standard InChI is InChI=1S/C13H16N4O2/c1-17-7-6-16-12(17)4-5-15-9-2-3-11(14)10(8-9)13(18)19/h2-3,6-8,15H,4-5,14H2,1H3,(H,18,19). The number of benzene rings is 1. The zero-order chi connectivity index (χ0) is 13.8. The molecular formula is C13H16N4O2. The van der Waals surface area contributed by atoms with Gasteiger partial charge in [-0.25, -0.2) is 9.78 Å². The van der Waals surface area contributed by atoms with Crippen LogP contribution in [0.4, 0.5) is 11.4 Å². The molecule has 1 aromatic heterocycles. The number of nitrogens with zero attached hydrogens (tertiary/aromatic N) is 2. The maximum absolute atomic E-state index is 11.0. The van der Waals surface area contributed by atoms with Crippen LogP contribution in [0.15, 0.2) is 30.6 Å². The van der Waals surface area contributed by atoms with Crippen LogP contribution in [-0.2, 0) is 13.5 Å². The van der Waals surface area contributed by atoms with Gasteiger partial charge < -0.3 is 20.7 Å². The Balaban J connectivity index is 1.98. The number of carboxylic acid groups (broad SMARTS) is 1. The van der Waals surface area contributed by atoms with Crippen molar-refractivity contribution in [1.29, 1.82) is 0 Å². The van der Waals surface area contributed by atoms with E-state index in [-0.39, 0.29) is 11.3 Å². The molecule has 0 bridgehead atoms. The fraction of sp³-hybridized carbons (Fsp3) is 0.231. The first-order chi connectivity index (χ1) is 9.08. The van der Waals surface area contributed by atoms with Gasteiger partial charge in [-0.1, -0.05) is 0 Å². The molecule has 4 N–H and O–H groups in total. The lowest BCUT2D eigenvalue weighted by Crippen LogP contribution is -2.10. The number of aromatic carboxylic acids is 1. The maximum atomic E-state index is 11.0. The first-order valence-electron chi connectivity index (χ1n) is 5.91. The smallest absolute Gasteiger partial charge is 0.337 e. The molecule has 0 spiro atoms. The van der Waals surface area contributed by atoms with Gasteiger partial charge in [0.2, 0.25) is 0 Å². The molecule has 0 radical (unpaired) electrons. The van der Waals surface area contributed by atoms with Crippen LogP contribution in [0.2, 0.25) is 0 Å². The van der Waals surface area contributed by atoms with E-state index < -0.39 is 5.97 Å². The van der Waals surface area contributed by atoms with Crippen molar-refractivity contribution < 1.29 is 9.90 Å². The van der Waals surface area contributed by atoms with E-state index in [0.29, 0.717) is 6.54 Å². The second-order valence-corrected chi connectivity index (χ2v) is 4.24. The van der Waals surface area contributed by atoms with Gasteiger partial charge >= 0.3 is 5.97 Å². The van der Waals surface area contributed by atoms with Gasteiger partial charge in [-0.2, -0.15) is 0 Å². The second-order valence-electron chi connectivity index (χ2n) is 4.24. The Bertz CT molecular complexity index is 592. The van der Waals surface area contributed by atoms with Gasteiger partial charge in [-0.15, -0.1) is 0 Å². The molecule has 1 aromatic carbocycles. The summed E-state index contributed by atoms with van der Waals surface area (Å²) in [5.41, 5.74) is 6.71. The Morgan fingerprint density at radius 3 is 2.95 bits per heavy atom. The molecule has 1 heterocycles. The fourth-order valence-electron chi connectivity index (χ4n) is 1.81. The minimum Gasteiger partial charge on any atom is -0.478 e. The molecule has 0 atom stereocenters. The molecule has 0 fully saturated rings. The number of nitrogen functional groups attached to an aromatic ring is 1. The van der Waals surface area contributed by atoms with Crippen LogP contribution in [-0.4, -0.2) is 27.2 Å². The van der Waals surface area contributed by atoms with Crippen molar-refractivity contribution in [1.82, 2.24) is 9.55 Å². The van der Waals surface area contributed by atoms with E-state index >= 15 is 0 Å². The van der Waals surface area contributed by atoms with Crippen LogP contribution >= 0.6 is 0 Å². The van der Waals surface area contributed by atoms with Gasteiger partial charge in [0.25, 0.3) is 0 Å². The number of anilines is 2. The van der Waals surface area contributed by atoms with Crippen molar-refractivity contribution in [3.63, 3.8) is 0 Å². The number of hydrogen-bond donors (Lipinski definition) is 3. The quantitative estimate of drug-likeness (QED) is 0.706. The van der Waals surface area contributed by atoms with Crippen LogP contribution in [0.1, 0.15) is 16.2 Å². The van der Waals surface area contributed by atoms with Crippen molar-refractivity contribution in [2.24, 2.45) is 7.05 Å². The lowest BCUT2D eigenvalue weighted by molar-refractivity contribution is 0.0698. The molecule has 19 heavy (non-hydrogen) atoms. The summed E-state index contributed by atoms with van der Waals surface area (Å²) in [5.74, 6) is -0.0494. The summed E-state index contributed by atoms with van der Waals surface area (Å²) in [6.07, 6.45) is 4.40. The van der Waals surface area contributed by atoms with E-state index in [4.69, 9.17) is 10.8 Å². The third-order valence-corrected chi connectivity index (χ3v) is 2.88. The number of rotatable bonds is 5. The highest BCUT2D eigenvalue weighted by Crippen LogP contribution is 2.17. The van der Waals surface area contributed by atoms with Gasteiger partial charge in [0.1, 0.15) is 5.82 Å². The highest BCUT2D eigenvalue weighted by molar-refractivity contribution is 5.94. The molecule has 6 heteroatoms. The number of nitrogens with one attached hydrogen (secondary N) is 1. The van der Waals surface area contributed by atoms with Crippen LogP contribution < -0.4 is 11.1 Å². The molecule has 0 aliphatic heterocycles. The molecule has 0 aliphatic rings. The predicted molar refractivity (Wildman–Crippen MR) is 73.2 cm³/mol. The Morgan fingerprint density at radius 1 is 1.53 bits per heavy atom. The van der Waals surface area contributed by atoms with E-state index in [1.807, 2.05) is 17.8 Å². The lowest BCUT2D eigenvalue weighted by Gasteiger charge is -2.08. The topological polar surface area (TPSA) is 93.2 Å². The van der Waals surface area contributed by atoms with E-state index in [1.54, 1.807) is 18.3 Å². The minimum atomic E-state index is -1.02. The minimum absolute atomic E-state index is 0.113. The molecule has 0 unspecified atom stereocenters. The number of nitrogens with two attached hydrogens (primary N) is 1.